The molecular formula is C7H17N3. The van der Waals surface area contributed by atoms with Crippen molar-refractivity contribution in [3.63, 3.8) is 0 Å². The largest absolute Gasteiger partial charge is 0.290 e. The predicted octanol–water partition coefficient (Wildman–Crippen LogP) is 0.104. The molecule has 0 aromatic carbocycles. The normalized spacial score (nSPS) is 32.1. The van der Waals surface area contributed by atoms with Crippen molar-refractivity contribution in [3.05, 3.63) is 0 Å². The summed E-state index contributed by atoms with van der Waals surface area (Å²) in [6.45, 7) is 4.50. The molecule has 10 heavy (non-hydrogen) atoms. The van der Waals surface area contributed by atoms with Crippen molar-refractivity contribution in [2.75, 3.05) is 27.2 Å². The summed E-state index contributed by atoms with van der Waals surface area (Å²) in [5.41, 5.74) is 3.32. The minimum Gasteiger partial charge on any atom is -0.290 e. The SMILES string of the molecule is CC1N(C)CCCNN1C. The van der Waals surface area contributed by atoms with Crippen LogP contribution in [-0.2, 0) is 0 Å². The number of hydrazine groups is 1. The minimum atomic E-state index is 0.516. The van der Waals surface area contributed by atoms with Crippen LogP contribution in [0.4, 0.5) is 0 Å². The van der Waals surface area contributed by atoms with Gasteiger partial charge in [0.25, 0.3) is 0 Å². The maximum atomic E-state index is 3.32. The quantitative estimate of drug-likeness (QED) is 0.519. The summed E-state index contributed by atoms with van der Waals surface area (Å²) >= 11 is 0. The smallest absolute Gasteiger partial charge is 0.0723 e. The van der Waals surface area contributed by atoms with E-state index < -0.39 is 0 Å². The van der Waals surface area contributed by atoms with Crippen LogP contribution in [-0.4, -0.2) is 43.3 Å². The van der Waals surface area contributed by atoms with Crippen LogP contribution in [0.15, 0.2) is 0 Å². The van der Waals surface area contributed by atoms with Crippen LogP contribution in [0.5, 0.6) is 0 Å². The number of rotatable bonds is 0. The molecule has 0 aromatic rings. The highest BCUT2D eigenvalue weighted by Crippen LogP contribution is 2.02. The summed E-state index contributed by atoms with van der Waals surface area (Å²) < 4.78 is 0. The molecule has 0 radical (unpaired) electrons. The molecule has 3 heteroatoms. The topological polar surface area (TPSA) is 18.5 Å². The number of hydrogen-bond donors (Lipinski definition) is 1. The van der Waals surface area contributed by atoms with Crippen LogP contribution >= 0.6 is 0 Å². The lowest BCUT2D eigenvalue weighted by molar-refractivity contribution is 0.0804. The van der Waals surface area contributed by atoms with Crippen molar-refractivity contribution >= 4 is 0 Å². The molecule has 1 aliphatic rings. The van der Waals surface area contributed by atoms with Crippen molar-refractivity contribution in [1.82, 2.24) is 15.3 Å². The van der Waals surface area contributed by atoms with Gasteiger partial charge in [-0.25, -0.2) is 5.01 Å². The van der Waals surface area contributed by atoms with Crippen LogP contribution in [0, 0.1) is 0 Å². The Morgan fingerprint density at radius 1 is 1.40 bits per heavy atom. The Hall–Kier alpha value is -0.120. The Kier molecular flexibility index (Phi) is 2.65. The second kappa shape index (κ2) is 3.32. The van der Waals surface area contributed by atoms with Gasteiger partial charge in [0.05, 0.1) is 6.17 Å². The van der Waals surface area contributed by atoms with Crippen molar-refractivity contribution in [3.8, 4) is 0 Å². The van der Waals surface area contributed by atoms with E-state index in [0.29, 0.717) is 6.17 Å². The molecule has 3 nitrogen and oxygen atoms in total. The minimum absolute atomic E-state index is 0.516. The summed E-state index contributed by atoms with van der Waals surface area (Å²) in [5, 5.41) is 2.16. The van der Waals surface area contributed by atoms with E-state index >= 15 is 0 Å². The third kappa shape index (κ3) is 1.68. The Bertz CT molecular complexity index is 93.0. The molecule has 0 bridgehead atoms. The molecule has 1 atom stereocenters. The molecule has 0 spiro atoms. The molecule has 1 fully saturated rings. The van der Waals surface area contributed by atoms with Crippen molar-refractivity contribution in [2.24, 2.45) is 0 Å². The van der Waals surface area contributed by atoms with Crippen molar-refractivity contribution in [2.45, 2.75) is 19.5 Å². The van der Waals surface area contributed by atoms with E-state index in [0.717, 1.165) is 6.54 Å². The van der Waals surface area contributed by atoms with E-state index in [1.54, 1.807) is 0 Å². The van der Waals surface area contributed by atoms with Gasteiger partial charge in [-0.15, -0.1) is 0 Å². The molecule has 1 saturated heterocycles. The lowest BCUT2D eigenvalue weighted by atomic mass is 10.4. The first-order valence-corrected chi connectivity index (χ1v) is 3.88. The average molecular weight is 143 g/mol. The molecule has 0 aromatic heterocycles. The average Bonchev–Trinajstić information content (AvgIpc) is 2.04. The van der Waals surface area contributed by atoms with Gasteiger partial charge in [-0.3, -0.25) is 10.3 Å². The van der Waals surface area contributed by atoms with E-state index in [1.807, 2.05) is 0 Å². The lowest BCUT2D eigenvalue weighted by Crippen LogP contribution is -2.46. The van der Waals surface area contributed by atoms with Gasteiger partial charge in [-0.1, -0.05) is 0 Å². The molecule has 60 valence electrons. The Morgan fingerprint density at radius 3 is 2.80 bits per heavy atom. The van der Waals surface area contributed by atoms with E-state index in [1.165, 1.54) is 13.0 Å². The zero-order chi connectivity index (χ0) is 7.56. The van der Waals surface area contributed by atoms with E-state index in [4.69, 9.17) is 0 Å². The maximum absolute atomic E-state index is 3.32. The summed E-state index contributed by atoms with van der Waals surface area (Å²) in [4.78, 5) is 2.35. The first-order valence-electron chi connectivity index (χ1n) is 3.88. The third-order valence-corrected chi connectivity index (χ3v) is 2.25. The first kappa shape index (κ1) is 7.98. The Morgan fingerprint density at radius 2 is 2.10 bits per heavy atom. The predicted molar refractivity (Wildman–Crippen MR) is 42.5 cm³/mol. The summed E-state index contributed by atoms with van der Waals surface area (Å²) in [5.74, 6) is 0. The van der Waals surface area contributed by atoms with Gasteiger partial charge in [-0.2, -0.15) is 0 Å². The molecule has 0 amide bonds. The molecule has 1 heterocycles. The number of hydrogen-bond acceptors (Lipinski definition) is 3. The Balaban J connectivity index is 2.46. The van der Waals surface area contributed by atoms with Gasteiger partial charge >= 0.3 is 0 Å². The fourth-order valence-corrected chi connectivity index (χ4v) is 1.20. The highest BCUT2D eigenvalue weighted by atomic mass is 15.6. The van der Waals surface area contributed by atoms with Gasteiger partial charge in [0.1, 0.15) is 0 Å². The second-order valence-corrected chi connectivity index (χ2v) is 2.99. The third-order valence-electron chi connectivity index (χ3n) is 2.25. The van der Waals surface area contributed by atoms with Gasteiger partial charge < -0.3 is 0 Å². The maximum Gasteiger partial charge on any atom is 0.0723 e. The van der Waals surface area contributed by atoms with Crippen LogP contribution in [0.3, 0.4) is 0 Å². The van der Waals surface area contributed by atoms with E-state index in [2.05, 4.69) is 36.4 Å². The molecule has 1 unspecified atom stereocenters. The van der Waals surface area contributed by atoms with E-state index in [-0.39, 0.29) is 0 Å². The second-order valence-electron chi connectivity index (χ2n) is 2.99. The fourth-order valence-electron chi connectivity index (χ4n) is 1.20. The monoisotopic (exact) mass is 143 g/mol. The highest BCUT2D eigenvalue weighted by molar-refractivity contribution is 4.64. The Labute approximate surface area is 63.0 Å². The van der Waals surface area contributed by atoms with Gasteiger partial charge in [0.15, 0.2) is 0 Å². The number of nitrogens with zero attached hydrogens (tertiary/aromatic N) is 2. The van der Waals surface area contributed by atoms with Gasteiger partial charge in [-0.05, 0) is 20.4 Å². The van der Waals surface area contributed by atoms with Crippen LogP contribution in [0.25, 0.3) is 0 Å². The van der Waals surface area contributed by atoms with Crippen LogP contribution < -0.4 is 5.43 Å². The van der Waals surface area contributed by atoms with Crippen molar-refractivity contribution < 1.29 is 0 Å². The fraction of sp³-hybridized carbons (Fsp3) is 1.00. The zero-order valence-electron chi connectivity index (χ0n) is 7.09. The highest BCUT2D eigenvalue weighted by Gasteiger charge is 2.16. The molecule has 0 aliphatic carbocycles. The van der Waals surface area contributed by atoms with Crippen molar-refractivity contribution in [1.29, 1.82) is 0 Å². The summed E-state index contributed by atoms with van der Waals surface area (Å²) in [7, 11) is 4.25. The summed E-state index contributed by atoms with van der Waals surface area (Å²) in [6.07, 6.45) is 1.76. The molecule has 1 N–H and O–H groups in total. The van der Waals surface area contributed by atoms with Crippen LogP contribution in [0.2, 0.25) is 0 Å². The van der Waals surface area contributed by atoms with E-state index in [9.17, 15) is 0 Å². The van der Waals surface area contributed by atoms with Gasteiger partial charge in [0.2, 0.25) is 0 Å². The molecule has 1 aliphatic heterocycles. The van der Waals surface area contributed by atoms with Gasteiger partial charge in [0, 0.05) is 20.1 Å². The summed E-state index contributed by atoms with van der Waals surface area (Å²) in [6, 6.07) is 0. The lowest BCUT2D eigenvalue weighted by Gasteiger charge is -2.28. The van der Waals surface area contributed by atoms with Crippen LogP contribution in [0.1, 0.15) is 13.3 Å². The molecular weight excluding hydrogens is 126 g/mol. The standard InChI is InChI=1S/C7H17N3/c1-7-9(2)6-4-5-8-10(7)3/h7-8H,4-6H2,1-3H3. The number of nitrogens with one attached hydrogen (secondary N) is 1. The first-order chi connectivity index (χ1) is 4.72. The molecule has 1 rings (SSSR count). The molecule has 0 saturated carbocycles. The zero-order valence-corrected chi connectivity index (χ0v) is 7.09.